The average Bonchev–Trinajstić information content (AvgIpc) is 2.41. The number of likely N-dealkylation sites (tertiary alicyclic amines) is 1. The van der Waals surface area contributed by atoms with Crippen LogP contribution >= 0.6 is 15.9 Å². The molecule has 0 bridgehead atoms. The normalized spacial score (nSPS) is 19.3. The maximum absolute atomic E-state index is 12.1. The molecule has 1 unspecified atom stereocenters. The molecule has 1 aromatic rings. The minimum Gasteiger partial charge on any atom is -0.341 e. The van der Waals surface area contributed by atoms with Crippen LogP contribution in [0.15, 0.2) is 28.7 Å². The lowest BCUT2D eigenvalue weighted by atomic mass is 9.99. The molecule has 1 aromatic carbocycles. The summed E-state index contributed by atoms with van der Waals surface area (Å²) in [7, 11) is 0. The molecule has 0 radical (unpaired) electrons. The highest BCUT2D eigenvalue weighted by molar-refractivity contribution is 9.10. The Hall–Kier alpha value is -1.34. The number of rotatable bonds is 2. The van der Waals surface area contributed by atoms with Crippen molar-refractivity contribution in [3.8, 4) is 6.07 Å². The van der Waals surface area contributed by atoms with E-state index in [1.54, 1.807) is 0 Å². The number of halogens is 1. The van der Waals surface area contributed by atoms with Gasteiger partial charge in [-0.15, -0.1) is 0 Å². The first-order valence-electron chi connectivity index (χ1n) is 6.11. The Bertz CT molecular complexity index is 464. The van der Waals surface area contributed by atoms with Crippen LogP contribution in [-0.4, -0.2) is 23.9 Å². The quantitative estimate of drug-likeness (QED) is 0.843. The Morgan fingerprint density at radius 2 is 2.17 bits per heavy atom. The summed E-state index contributed by atoms with van der Waals surface area (Å²) in [6, 6.07) is 10.0. The van der Waals surface area contributed by atoms with Gasteiger partial charge in [0.25, 0.3) is 0 Å². The fourth-order valence-electron chi connectivity index (χ4n) is 2.20. The topological polar surface area (TPSA) is 44.1 Å². The molecule has 1 aliphatic rings. The van der Waals surface area contributed by atoms with Crippen LogP contribution in [0.3, 0.4) is 0 Å². The van der Waals surface area contributed by atoms with E-state index in [9.17, 15) is 4.79 Å². The van der Waals surface area contributed by atoms with Crippen LogP contribution in [0.25, 0.3) is 0 Å². The molecule has 0 aromatic heterocycles. The zero-order valence-electron chi connectivity index (χ0n) is 10.1. The number of benzene rings is 1. The van der Waals surface area contributed by atoms with E-state index in [0.29, 0.717) is 13.0 Å². The maximum atomic E-state index is 12.1. The number of carbonyl (C=O) groups excluding carboxylic acids is 1. The Morgan fingerprint density at radius 1 is 1.44 bits per heavy atom. The molecule has 1 atom stereocenters. The Morgan fingerprint density at radius 3 is 2.83 bits per heavy atom. The summed E-state index contributed by atoms with van der Waals surface area (Å²) >= 11 is 3.37. The summed E-state index contributed by atoms with van der Waals surface area (Å²) in [5.74, 6) is 0.130. The second-order valence-electron chi connectivity index (χ2n) is 4.61. The molecule has 4 heteroatoms. The zero-order chi connectivity index (χ0) is 13.0. The van der Waals surface area contributed by atoms with Gasteiger partial charge in [0.2, 0.25) is 5.91 Å². The summed E-state index contributed by atoms with van der Waals surface area (Å²) in [6.45, 7) is 1.37. The summed E-state index contributed by atoms with van der Waals surface area (Å²) in [5, 5.41) is 8.92. The predicted molar refractivity (Wildman–Crippen MR) is 72.8 cm³/mol. The molecule has 1 fully saturated rings. The van der Waals surface area contributed by atoms with Crippen molar-refractivity contribution >= 4 is 21.8 Å². The smallest absolute Gasteiger partial charge is 0.227 e. The SMILES string of the molecule is N#CC1CCCN(C(=O)Cc2ccc(Br)cc2)C1. The predicted octanol–water partition coefficient (Wildman–Crippen LogP) is 2.75. The van der Waals surface area contributed by atoms with Crippen LogP contribution < -0.4 is 0 Å². The summed E-state index contributed by atoms with van der Waals surface area (Å²) in [6.07, 6.45) is 2.27. The van der Waals surface area contributed by atoms with Crippen LogP contribution in [0.1, 0.15) is 18.4 Å². The molecule has 0 N–H and O–H groups in total. The van der Waals surface area contributed by atoms with Crippen LogP contribution in [0.2, 0.25) is 0 Å². The molecule has 18 heavy (non-hydrogen) atoms. The van der Waals surface area contributed by atoms with Crippen molar-refractivity contribution in [3.63, 3.8) is 0 Å². The van der Waals surface area contributed by atoms with Gasteiger partial charge in [0.1, 0.15) is 0 Å². The molecule has 1 saturated heterocycles. The summed E-state index contributed by atoms with van der Waals surface area (Å²) in [5.41, 5.74) is 1.02. The van der Waals surface area contributed by atoms with Gasteiger partial charge in [-0.25, -0.2) is 0 Å². The van der Waals surface area contributed by atoms with Gasteiger partial charge in [0.05, 0.1) is 18.4 Å². The second-order valence-corrected chi connectivity index (χ2v) is 5.53. The van der Waals surface area contributed by atoms with E-state index in [4.69, 9.17) is 5.26 Å². The molecule has 1 amide bonds. The monoisotopic (exact) mass is 306 g/mol. The molecular weight excluding hydrogens is 292 g/mol. The molecule has 1 aliphatic heterocycles. The van der Waals surface area contributed by atoms with E-state index in [1.165, 1.54) is 0 Å². The van der Waals surface area contributed by atoms with Crippen LogP contribution in [-0.2, 0) is 11.2 Å². The molecule has 94 valence electrons. The minimum absolute atomic E-state index is 0.00705. The van der Waals surface area contributed by atoms with Crippen molar-refractivity contribution in [2.24, 2.45) is 5.92 Å². The first kappa shape index (κ1) is 13.1. The van der Waals surface area contributed by atoms with Crippen LogP contribution in [0, 0.1) is 17.2 Å². The van der Waals surface area contributed by atoms with Crippen molar-refractivity contribution in [3.05, 3.63) is 34.3 Å². The number of hydrogen-bond acceptors (Lipinski definition) is 2. The highest BCUT2D eigenvalue weighted by atomic mass is 79.9. The zero-order valence-corrected chi connectivity index (χ0v) is 11.7. The molecule has 0 aliphatic carbocycles. The number of nitrogens with zero attached hydrogens (tertiary/aromatic N) is 2. The van der Waals surface area contributed by atoms with E-state index >= 15 is 0 Å². The van der Waals surface area contributed by atoms with Crippen molar-refractivity contribution in [1.29, 1.82) is 5.26 Å². The fourth-order valence-corrected chi connectivity index (χ4v) is 2.46. The summed E-state index contributed by atoms with van der Waals surface area (Å²) in [4.78, 5) is 13.9. The molecule has 2 rings (SSSR count). The van der Waals surface area contributed by atoms with E-state index in [2.05, 4.69) is 22.0 Å². The third-order valence-electron chi connectivity index (χ3n) is 3.23. The highest BCUT2D eigenvalue weighted by Crippen LogP contribution is 2.17. The van der Waals surface area contributed by atoms with Gasteiger partial charge >= 0.3 is 0 Å². The van der Waals surface area contributed by atoms with Gasteiger partial charge in [-0.2, -0.15) is 5.26 Å². The largest absolute Gasteiger partial charge is 0.341 e. The Balaban J connectivity index is 1.95. The van der Waals surface area contributed by atoms with E-state index in [1.807, 2.05) is 29.2 Å². The average molecular weight is 307 g/mol. The van der Waals surface area contributed by atoms with Crippen molar-refractivity contribution in [2.75, 3.05) is 13.1 Å². The van der Waals surface area contributed by atoms with Crippen LogP contribution in [0.5, 0.6) is 0 Å². The number of hydrogen-bond donors (Lipinski definition) is 0. The molecule has 0 spiro atoms. The van der Waals surface area contributed by atoms with E-state index < -0.39 is 0 Å². The second kappa shape index (κ2) is 6.01. The van der Waals surface area contributed by atoms with Gasteiger partial charge in [-0.1, -0.05) is 28.1 Å². The minimum atomic E-state index is 0.00705. The molecule has 3 nitrogen and oxygen atoms in total. The van der Waals surface area contributed by atoms with Crippen molar-refractivity contribution in [2.45, 2.75) is 19.3 Å². The first-order valence-corrected chi connectivity index (χ1v) is 6.90. The van der Waals surface area contributed by atoms with Crippen molar-refractivity contribution in [1.82, 2.24) is 4.90 Å². The van der Waals surface area contributed by atoms with Gasteiger partial charge in [0, 0.05) is 17.6 Å². The summed E-state index contributed by atoms with van der Waals surface area (Å²) < 4.78 is 1.02. The third kappa shape index (κ3) is 3.33. The number of amides is 1. The molecule has 1 heterocycles. The van der Waals surface area contributed by atoms with E-state index in [-0.39, 0.29) is 11.8 Å². The lowest BCUT2D eigenvalue weighted by Crippen LogP contribution is -2.40. The lowest BCUT2D eigenvalue weighted by molar-refractivity contribution is -0.131. The van der Waals surface area contributed by atoms with Gasteiger partial charge in [-0.3, -0.25) is 4.79 Å². The maximum Gasteiger partial charge on any atom is 0.227 e. The standard InChI is InChI=1S/C14H15BrN2O/c15-13-5-3-11(4-6-13)8-14(18)17-7-1-2-12(9-16)10-17/h3-6,12H,1-2,7-8,10H2. The lowest BCUT2D eigenvalue weighted by Gasteiger charge is -2.29. The van der Waals surface area contributed by atoms with Gasteiger partial charge in [0.15, 0.2) is 0 Å². The number of piperidine rings is 1. The Labute approximate surface area is 116 Å². The van der Waals surface area contributed by atoms with Gasteiger partial charge in [-0.05, 0) is 30.5 Å². The third-order valence-corrected chi connectivity index (χ3v) is 3.75. The van der Waals surface area contributed by atoms with Crippen LogP contribution in [0.4, 0.5) is 0 Å². The van der Waals surface area contributed by atoms with E-state index in [0.717, 1.165) is 29.4 Å². The number of carbonyl (C=O) groups is 1. The molecule has 0 saturated carbocycles. The highest BCUT2D eigenvalue weighted by Gasteiger charge is 2.23. The fraction of sp³-hybridized carbons (Fsp3) is 0.429. The Kier molecular flexibility index (Phi) is 4.38. The first-order chi connectivity index (χ1) is 8.69. The molecular formula is C14H15BrN2O. The van der Waals surface area contributed by atoms with Gasteiger partial charge < -0.3 is 4.90 Å². The number of nitriles is 1. The van der Waals surface area contributed by atoms with Crippen molar-refractivity contribution < 1.29 is 4.79 Å².